The van der Waals surface area contributed by atoms with E-state index in [4.69, 9.17) is 0 Å². The summed E-state index contributed by atoms with van der Waals surface area (Å²) in [6, 6.07) is 6.60. The first-order valence-electron chi connectivity index (χ1n) is 5.83. The van der Waals surface area contributed by atoms with E-state index in [1.807, 2.05) is 0 Å². The number of carbonyl (C=O) groups is 1. The Hall–Kier alpha value is -0.830. The predicted octanol–water partition coefficient (Wildman–Crippen LogP) is 2.96. The average molecular weight is 280 g/mol. The number of aryl methyl sites for hydroxylation is 1. The molecular weight excluding hydrogens is 266 g/mol. The van der Waals surface area contributed by atoms with Gasteiger partial charge in [0.05, 0.1) is 6.04 Å². The molecule has 2 nitrogen and oxygen atoms in total. The summed E-state index contributed by atoms with van der Waals surface area (Å²) in [5.41, 5.74) is 2.67. The van der Waals surface area contributed by atoms with Crippen LogP contribution in [0.2, 0.25) is 0 Å². The van der Waals surface area contributed by atoms with Crippen molar-refractivity contribution in [3.8, 4) is 0 Å². The summed E-state index contributed by atoms with van der Waals surface area (Å²) in [5.74, 6) is 0.556. The molecule has 1 unspecified atom stereocenters. The number of nitrogens with one attached hydrogen (secondary N) is 1. The molecule has 1 saturated carbocycles. The maximum Gasteiger partial charge on any atom is 0.223 e. The lowest BCUT2D eigenvalue weighted by Gasteiger charge is -2.13. The van der Waals surface area contributed by atoms with Crippen LogP contribution in [0.4, 0.5) is 0 Å². The van der Waals surface area contributed by atoms with Crippen molar-refractivity contribution < 1.29 is 4.79 Å². The minimum Gasteiger partial charge on any atom is -0.349 e. The molecular formula is C13H14BrNO. The van der Waals surface area contributed by atoms with E-state index >= 15 is 0 Å². The summed E-state index contributed by atoms with van der Waals surface area (Å²) < 4.78 is 1.13. The maximum absolute atomic E-state index is 11.7. The smallest absolute Gasteiger partial charge is 0.223 e. The molecule has 0 heterocycles. The van der Waals surface area contributed by atoms with Crippen LogP contribution in [0.3, 0.4) is 0 Å². The third-order valence-electron chi connectivity index (χ3n) is 3.45. The van der Waals surface area contributed by atoms with Crippen LogP contribution in [-0.4, -0.2) is 5.91 Å². The molecule has 1 fully saturated rings. The molecule has 1 aromatic rings. The molecule has 2 aliphatic carbocycles. The zero-order valence-corrected chi connectivity index (χ0v) is 10.6. The van der Waals surface area contributed by atoms with Gasteiger partial charge in [-0.05, 0) is 48.9 Å². The van der Waals surface area contributed by atoms with E-state index in [0.29, 0.717) is 5.92 Å². The van der Waals surface area contributed by atoms with Crippen LogP contribution in [0.5, 0.6) is 0 Å². The van der Waals surface area contributed by atoms with Gasteiger partial charge >= 0.3 is 0 Å². The van der Waals surface area contributed by atoms with Crippen molar-refractivity contribution in [1.82, 2.24) is 5.32 Å². The highest BCUT2D eigenvalue weighted by Crippen LogP contribution is 2.35. The van der Waals surface area contributed by atoms with Crippen molar-refractivity contribution in [2.24, 2.45) is 5.92 Å². The Bertz CT molecular complexity index is 440. The molecule has 16 heavy (non-hydrogen) atoms. The molecule has 1 amide bonds. The minimum absolute atomic E-state index is 0.246. The topological polar surface area (TPSA) is 29.1 Å². The standard InChI is InChI=1S/C13H14BrNO/c14-10-4-5-11-9(7-10)3-6-12(11)15-13(16)8-1-2-8/h4-5,7-8,12H,1-3,6H2,(H,15,16). The van der Waals surface area contributed by atoms with Crippen LogP contribution in [0.1, 0.15) is 36.4 Å². The van der Waals surface area contributed by atoms with Gasteiger partial charge in [-0.3, -0.25) is 4.79 Å². The molecule has 3 heteroatoms. The number of hydrogen-bond donors (Lipinski definition) is 1. The Morgan fingerprint density at radius 3 is 2.88 bits per heavy atom. The molecule has 3 rings (SSSR count). The monoisotopic (exact) mass is 279 g/mol. The van der Waals surface area contributed by atoms with Crippen molar-refractivity contribution in [3.63, 3.8) is 0 Å². The lowest BCUT2D eigenvalue weighted by molar-refractivity contribution is -0.123. The van der Waals surface area contributed by atoms with Crippen LogP contribution < -0.4 is 5.32 Å². The highest BCUT2D eigenvalue weighted by Gasteiger charge is 2.32. The van der Waals surface area contributed by atoms with E-state index in [9.17, 15) is 4.79 Å². The van der Waals surface area contributed by atoms with Gasteiger partial charge in [0.15, 0.2) is 0 Å². The van der Waals surface area contributed by atoms with Crippen LogP contribution in [0.15, 0.2) is 22.7 Å². The van der Waals surface area contributed by atoms with Gasteiger partial charge in [0.1, 0.15) is 0 Å². The fraction of sp³-hybridized carbons (Fsp3) is 0.462. The normalized spacial score (nSPS) is 22.9. The molecule has 0 saturated heterocycles. The van der Waals surface area contributed by atoms with E-state index in [-0.39, 0.29) is 11.9 Å². The maximum atomic E-state index is 11.7. The summed E-state index contributed by atoms with van der Waals surface area (Å²) in [5, 5.41) is 3.16. The number of fused-ring (bicyclic) bond motifs is 1. The molecule has 1 atom stereocenters. The minimum atomic E-state index is 0.246. The molecule has 0 aromatic heterocycles. The van der Waals surface area contributed by atoms with Crippen molar-refractivity contribution >= 4 is 21.8 Å². The van der Waals surface area contributed by atoms with Crippen molar-refractivity contribution in [1.29, 1.82) is 0 Å². The third kappa shape index (κ3) is 1.88. The fourth-order valence-electron chi connectivity index (χ4n) is 2.37. The van der Waals surface area contributed by atoms with Gasteiger partial charge in [-0.2, -0.15) is 0 Å². The molecule has 0 bridgehead atoms. The first-order chi connectivity index (χ1) is 7.74. The third-order valence-corrected chi connectivity index (χ3v) is 3.94. The van der Waals surface area contributed by atoms with Gasteiger partial charge < -0.3 is 5.32 Å². The number of carbonyl (C=O) groups excluding carboxylic acids is 1. The SMILES string of the molecule is O=C(NC1CCc2cc(Br)ccc21)C1CC1. The van der Waals surface area contributed by atoms with Crippen LogP contribution in [0, 0.1) is 5.92 Å². The zero-order valence-electron chi connectivity index (χ0n) is 9.00. The Morgan fingerprint density at radius 1 is 1.31 bits per heavy atom. The van der Waals surface area contributed by atoms with Gasteiger partial charge in [0.2, 0.25) is 5.91 Å². The van der Waals surface area contributed by atoms with Crippen molar-refractivity contribution in [2.45, 2.75) is 31.7 Å². The summed E-state index contributed by atoms with van der Waals surface area (Å²) in [4.78, 5) is 11.7. The Balaban J connectivity index is 1.77. The van der Waals surface area contributed by atoms with Gasteiger partial charge in [0, 0.05) is 10.4 Å². The molecule has 0 aliphatic heterocycles. The van der Waals surface area contributed by atoms with Crippen LogP contribution in [0.25, 0.3) is 0 Å². The van der Waals surface area contributed by atoms with Crippen molar-refractivity contribution in [3.05, 3.63) is 33.8 Å². The number of amides is 1. The molecule has 0 radical (unpaired) electrons. The van der Waals surface area contributed by atoms with E-state index in [0.717, 1.165) is 30.2 Å². The first kappa shape index (κ1) is 10.3. The fourth-order valence-corrected chi connectivity index (χ4v) is 2.78. The van der Waals surface area contributed by atoms with E-state index < -0.39 is 0 Å². The largest absolute Gasteiger partial charge is 0.349 e. The molecule has 2 aliphatic rings. The number of rotatable bonds is 2. The summed E-state index contributed by atoms with van der Waals surface area (Å²) >= 11 is 3.48. The zero-order chi connectivity index (χ0) is 11.1. The number of benzene rings is 1. The van der Waals surface area contributed by atoms with Gasteiger partial charge in [0.25, 0.3) is 0 Å². The molecule has 0 spiro atoms. The van der Waals surface area contributed by atoms with Crippen LogP contribution >= 0.6 is 15.9 Å². The average Bonchev–Trinajstić information content (AvgIpc) is 3.03. The lowest BCUT2D eigenvalue weighted by Crippen LogP contribution is -2.28. The molecule has 1 aromatic carbocycles. The van der Waals surface area contributed by atoms with E-state index in [1.54, 1.807) is 0 Å². The quantitative estimate of drug-likeness (QED) is 0.886. The highest BCUT2D eigenvalue weighted by molar-refractivity contribution is 9.10. The predicted molar refractivity (Wildman–Crippen MR) is 66.1 cm³/mol. The Kier molecular flexibility index (Phi) is 2.51. The Labute approximate surface area is 104 Å². The highest BCUT2D eigenvalue weighted by atomic mass is 79.9. The second-order valence-electron chi connectivity index (χ2n) is 4.72. The van der Waals surface area contributed by atoms with Crippen LogP contribution in [-0.2, 0) is 11.2 Å². The molecule has 84 valence electrons. The summed E-state index contributed by atoms with van der Waals surface area (Å²) in [6.07, 6.45) is 4.27. The summed E-state index contributed by atoms with van der Waals surface area (Å²) in [6.45, 7) is 0. The number of hydrogen-bond acceptors (Lipinski definition) is 1. The van der Waals surface area contributed by atoms with E-state index in [2.05, 4.69) is 39.4 Å². The second kappa shape index (κ2) is 3.88. The van der Waals surface area contributed by atoms with Crippen molar-refractivity contribution in [2.75, 3.05) is 0 Å². The second-order valence-corrected chi connectivity index (χ2v) is 5.63. The van der Waals surface area contributed by atoms with E-state index in [1.165, 1.54) is 11.1 Å². The Morgan fingerprint density at radius 2 is 2.12 bits per heavy atom. The first-order valence-corrected chi connectivity index (χ1v) is 6.62. The van der Waals surface area contributed by atoms with Gasteiger partial charge in [-0.25, -0.2) is 0 Å². The lowest BCUT2D eigenvalue weighted by atomic mass is 10.1. The van der Waals surface area contributed by atoms with Gasteiger partial charge in [-0.1, -0.05) is 22.0 Å². The molecule has 1 N–H and O–H groups in total. The number of halogens is 1. The van der Waals surface area contributed by atoms with Gasteiger partial charge in [-0.15, -0.1) is 0 Å². The summed E-state index contributed by atoms with van der Waals surface area (Å²) in [7, 11) is 0.